The first-order valence-electron chi connectivity index (χ1n) is 5.75. The van der Waals surface area contributed by atoms with E-state index in [9.17, 15) is 10.1 Å². The predicted octanol–water partition coefficient (Wildman–Crippen LogP) is 4.03. The molecule has 2 rings (SSSR count). The lowest BCUT2D eigenvalue weighted by Gasteiger charge is -2.10. The molecule has 0 amide bonds. The number of nitro benzene ring substituents is 1. The van der Waals surface area contributed by atoms with Crippen LogP contribution in [0.25, 0.3) is 0 Å². The lowest BCUT2D eigenvalue weighted by molar-refractivity contribution is -0.384. The molecule has 0 spiro atoms. The molecule has 0 aliphatic carbocycles. The molecular weight excluding hydrogens is 340 g/mol. The van der Waals surface area contributed by atoms with Crippen molar-refractivity contribution in [2.45, 2.75) is 0 Å². The number of non-ortho nitro benzene ring substituents is 1. The van der Waals surface area contributed by atoms with Crippen molar-refractivity contribution in [2.75, 3.05) is 7.11 Å². The van der Waals surface area contributed by atoms with E-state index in [1.54, 1.807) is 18.2 Å². The van der Waals surface area contributed by atoms with Crippen LogP contribution >= 0.6 is 15.9 Å². The Balaban J connectivity index is 2.38. The predicted molar refractivity (Wildman–Crippen MR) is 78.6 cm³/mol. The van der Waals surface area contributed by atoms with Crippen LogP contribution in [-0.2, 0) is 0 Å². The molecule has 106 valence electrons. The molecule has 7 heteroatoms. The second kappa shape index (κ2) is 6.24. The normalized spacial score (nSPS) is 9.76. The molecule has 0 heterocycles. The van der Waals surface area contributed by atoms with Crippen LogP contribution in [0.3, 0.4) is 0 Å². The van der Waals surface area contributed by atoms with Crippen molar-refractivity contribution in [3.8, 4) is 23.3 Å². The molecule has 0 unspecified atom stereocenters. The third-order valence-electron chi connectivity index (χ3n) is 2.65. The van der Waals surface area contributed by atoms with Crippen molar-refractivity contribution in [1.82, 2.24) is 0 Å². The summed E-state index contributed by atoms with van der Waals surface area (Å²) in [6, 6.07) is 10.9. The fourth-order valence-corrected chi connectivity index (χ4v) is 2.08. The maximum atomic E-state index is 10.8. The van der Waals surface area contributed by atoms with E-state index >= 15 is 0 Å². The Bertz CT molecular complexity index is 740. The minimum atomic E-state index is -0.513. The summed E-state index contributed by atoms with van der Waals surface area (Å²) in [5.41, 5.74) is 0.367. The zero-order valence-electron chi connectivity index (χ0n) is 10.9. The molecule has 2 aromatic carbocycles. The number of halogens is 1. The second-order valence-electron chi connectivity index (χ2n) is 3.95. The van der Waals surface area contributed by atoms with Gasteiger partial charge in [-0.05, 0) is 40.2 Å². The van der Waals surface area contributed by atoms with Crippen molar-refractivity contribution >= 4 is 21.6 Å². The van der Waals surface area contributed by atoms with Gasteiger partial charge in [-0.15, -0.1) is 0 Å². The highest BCUT2D eigenvalue weighted by Gasteiger charge is 2.13. The van der Waals surface area contributed by atoms with Crippen molar-refractivity contribution in [3.63, 3.8) is 0 Å². The Morgan fingerprint density at radius 1 is 1.24 bits per heavy atom. The molecule has 0 aliphatic heterocycles. The summed E-state index contributed by atoms with van der Waals surface area (Å²) in [5, 5.41) is 19.7. The van der Waals surface area contributed by atoms with Crippen LogP contribution in [0, 0.1) is 21.4 Å². The third kappa shape index (κ3) is 3.30. The molecular formula is C14H9BrN2O4. The topological polar surface area (TPSA) is 85.4 Å². The highest BCUT2D eigenvalue weighted by molar-refractivity contribution is 9.10. The minimum absolute atomic E-state index is 0.0986. The van der Waals surface area contributed by atoms with Crippen LogP contribution in [0.15, 0.2) is 40.9 Å². The summed E-state index contributed by atoms with van der Waals surface area (Å²) < 4.78 is 11.3. The van der Waals surface area contributed by atoms with Gasteiger partial charge in [0.1, 0.15) is 11.8 Å². The van der Waals surface area contributed by atoms with Crippen molar-refractivity contribution in [3.05, 3.63) is 56.5 Å². The number of ether oxygens (including phenoxy) is 2. The maximum Gasteiger partial charge on any atom is 0.273 e. The smallest absolute Gasteiger partial charge is 0.273 e. The first kappa shape index (κ1) is 14.8. The molecule has 21 heavy (non-hydrogen) atoms. The van der Waals surface area contributed by atoms with E-state index in [2.05, 4.69) is 15.9 Å². The van der Waals surface area contributed by atoms with Gasteiger partial charge in [-0.2, -0.15) is 5.26 Å². The second-order valence-corrected chi connectivity index (χ2v) is 4.80. The van der Waals surface area contributed by atoms with Gasteiger partial charge in [0.05, 0.1) is 23.7 Å². The first-order chi connectivity index (χ1) is 10.0. The molecule has 0 saturated heterocycles. The zero-order chi connectivity index (χ0) is 15.4. The largest absolute Gasteiger partial charge is 0.493 e. The van der Waals surface area contributed by atoms with Crippen LogP contribution in [0.1, 0.15) is 5.56 Å². The van der Waals surface area contributed by atoms with Crippen LogP contribution in [0.2, 0.25) is 0 Å². The number of hydrogen-bond acceptors (Lipinski definition) is 5. The maximum absolute atomic E-state index is 10.8. The first-order valence-corrected chi connectivity index (χ1v) is 6.54. The molecule has 0 bridgehead atoms. The van der Waals surface area contributed by atoms with Gasteiger partial charge in [-0.3, -0.25) is 10.1 Å². The van der Waals surface area contributed by atoms with E-state index in [0.29, 0.717) is 21.5 Å². The molecule has 2 aromatic rings. The Hall–Kier alpha value is -2.59. The molecule has 0 atom stereocenters. The average Bonchev–Trinajstić information content (AvgIpc) is 2.47. The quantitative estimate of drug-likeness (QED) is 0.614. The highest BCUT2D eigenvalue weighted by atomic mass is 79.9. The standard InChI is InChI=1S/C14H9BrN2O4/c1-20-13-5-3-10(17(18)19)6-14(13)21-11-4-2-9(8-16)12(15)7-11/h2-7H,1H3. The van der Waals surface area contributed by atoms with Crippen LogP contribution in [0.5, 0.6) is 17.2 Å². The summed E-state index contributed by atoms with van der Waals surface area (Å²) in [6.07, 6.45) is 0. The van der Waals surface area contributed by atoms with Gasteiger partial charge in [-0.25, -0.2) is 0 Å². The van der Waals surface area contributed by atoms with Crippen LogP contribution < -0.4 is 9.47 Å². The number of methoxy groups -OCH3 is 1. The van der Waals surface area contributed by atoms with Gasteiger partial charge in [0.15, 0.2) is 11.5 Å². The summed E-state index contributed by atoms with van der Waals surface area (Å²) in [4.78, 5) is 10.3. The van der Waals surface area contributed by atoms with Crippen molar-refractivity contribution in [1.29, 1.82) is 5.26 Å². The van der Waals surface area contributed by atoms with Gasteiger partial charge >= 0.3 is 0 Å². The molecule has 0 saturated carbocycles. The molecule has 0 radical (unpaired) electrons. The molecule has 6 nitrogen and oxygen atoms in total. The highest BCUT2D eigenvalue weighted by Crippen LogP contribution is 2.35. The summed E-state index contributed by atoms with van der Waals surface area (Å²) in [7, 11) is 1.45. The summed E-state index contributed by atoms with van der Waals surface area (Å²) in [5.74, 6) is 1.03. The fourth-order valence-electron chi connectivity index (χ4n) is 1.64. The van der Waals surface area contributed by atoms with Gasteiger partial charge < -0.3 is 9.47 Å². The van der Waals surface area contributed by atoms with Gasteiger partial charge in [0.2, 0.25) is 0 Å². The van der Waals surface area contributed by atoms with Crippen molar-refractivity contribution < 1.29 is 14.4 Å². The van der Waals surface area contributed by atoms with E-state index in [0.717, 1.165) is 0 Å². The van der Waals surface area contributed by atoms with E-state index in [1.807, 2.05) is 6.07 Å². The molecule has 0 N–H and O–H groups in total. The zero-order valence-corrected chi connectivity index (χ0v) is 12.5. The molecule has 0 aromatic heterocycles. The average molecular weight is 349 g/mol. The molecule has 0 aliphatic rings. The summed E-state index contributed by atoms with van der Waals surface area (Å²) in [6.45, 7) is 0. The Morgan fingerprint density at radius 2 is 2.00 bits per heavy atom. The van der Waals surface area contributed by atoms with Gasteiger partial charge in [-0.1, -0.05) is 0 Å². The van der Waals surface area contributed by atoms with Gasteiger partial charge in [0, 0.05) is 10.5 Å². The van der Waals surface area contributed by atoms with Crippen LogP contribution in [-0.4, -0.2) is 12.0 Å². The van der Waals surface area contributed by atoms with E-state index in [-0.39, 0.29) is 11.4 Å². The monoisotopic (exact) mass is 348 g/mol. The lowest BCUT2D eigenvalue weighted by Crippen LogP contribution is -1.94. The number of nitro groups is 1. The number of rotatable bonds is 4. The van der Waals surface area contributed by atoms with E-state index in [4.69, 9.17) is 14.7 Å². The Morgan fingerprint density at radius 3 is 2.57 bits per heavy atom. The summed E-state index contributed by atoms with van der Waals surface area (Å²) >= 11 is 3.25. The number of nitriles is 1. The van der Waals surface area contributed by atoms with E-state index < -0.39 is 4.92 Å². The third-order valence-corrected chi connectivity index (χ3v) is 3.30. The number of benzene rings is 2. The van der Waals surface area contributed by atoms with E-state index in [1.165, 1.54) is 25.3 Å². The van der Waals surface area contributed by atoms with Gasteiger partial charge in [0.25, 0.3) is 5.69 Å². The Kier molecular flexibility index (Phi) is 4.40. The van der Waals surface area contributed by atoms with Crippen molar-refractivity contribution in [2.24, 2.45) is 0 Å². The lowest BCUT2D eigenvalue weighted by atomic mass is 10.2. The minimum Gasteiger partial charge on any atom is -0.493 e. The SMILES string of the molecule is COc1ccc([N+](=O)[O-])cc1Oc1ccc(C#N)c(Br)c1. The Labute approximate surface area is 128 Å². The number of nitrogens with zero attached hydrogens (tertiary/aromatic N) is 2. The van der Waals surface area contributed by atoms with Crippen LogP contribution in [0.4, 0.5) is 5.69 Å². The molecule has 0 fully saturated rings. The fraction of sp³-hybridized carbons (Fsp3) is 0.0714. The number of hydrogen-bond donors (Lipinski definition) is 0.